The number of fused-ring (bicyclic) bond motifs is 2. The van der Waals surface area contributed by atoms with Crippen LogP contribution in [-0.2, 0) is 4.74 Å². The second-order valence-corrected chi connectivity index (χ2v) is 5.58. The van der Waals surface area contributed by atoms with Crippen molar-refractivity contribution in [3.63, 3.8) is 0 Å². The van der Waals surface area contributed by atoms with E-state index in [1.165, 1.54) is 7.11 Å². The fourth-order valence-electron chi connectivity index (χ4n) is 2.75. The van der Waals surface area contributed by atoms with E-state index < -0.39 is 4.92 Å². The van der Waals surface area contributed by atoms with Gasteiger partial charge >= 0.3 is 5.69 Å². The number of hydrogen-bond acceptors (Lipinski definition) is 5. The molecule has 2 fully saturated rings. The number of anilines is 1. The van der Waals surface area contributed by atoms with Crippen LogP contribution in [0.1, 0.15) is 6.42 Å². The number of halogens is 1. The third-order valence-electron chi connectivity index (χ3n) is 3.65. The maximum atomic E-state index is 11.1. The predicted octanol–water partition coefficient (Wildman–Crippen LogP) is 2.34. The molecule has 0 spiro atoms. The topological polar surface area (TPSA) is 64.8 Å². The van der Waals surface area contributed by atoms with Gasteiger partial charge in [-0.15, -0.1) is 0 Å². The second-order valence-electron chi connectivity index (χ2n) is 4.73. The predicted molar refractivity (Wildman–Crippen MR) is 72.8 cm³/mol. The maximum absolute atomic E-state index is 11.1. The molecule has 102 valence electrons. The van der Waals surface area contributed by atoms with Gasteiger partial charge in [-0.05, 0) is 22.4 Å². The van der Waals surface area contributed by atoms with Gasteiger partial charge in [0.2, 0.25) is 0 Å². The number of rotatable bonds is 3. The molecular weight excluding hydrogens is 316 g/mol. The first kappa shape index (κ1) is 12.7. The van der Waals surface area contributed by atoms with Crippen molar-refractivity contribution >= 4 is 27.3 Å². The van der Waals surface area contributed by atoms with Crippen molar-refractivity contribution in [3.05, 3.63) is 26.7 Å². The summed E-state index contributed by atoms with van der Waals surface area (Å²) in [6.07, 6.45) is 1.24. The Bertz CT molecular complexity index is 537. The average molecular weight is 329 g/mol. The number of morpholine rings is 1. The van der Waals surface area contributed by atoms with E-state index >= 15 is 0 Å². The van der Waals surface area contributed by atoms with Gasteiger partial charge in [-0.3, -0.25) is 10.1 Å². The van der Waals surface area contributed by atoms with Crippen LogP contribution in [0.5, 0.6) is 5.75 Å². The van der Waals surface area contributed by atoms with E-state index in [0.29, 0.717) is 12.6 Å². The van der Waals surface area contributed by atoms with Crippen LogP contribution in [0.15, 0.2) is 16.6 Å². The highest BCUT2D eigenvalue weighted by molar-refractivity contribution is 9.10. The molecule has 2 atom stereocenters. The van der Waals surface area contributed by atoms with E-state index in [0.717, 1.165) is 23.1 Å². The minimum Gasteiger partial charge on any atom is -0.490 e. The number of benzene rings is 1. The normalized spacial score (nSPS) is 24.8. The largest absolute Gasteiger partial charge is 0.490 e. The van der Waals surface area contributed by atoms with Crippen LogP contribution in [0.25, 0.3) is 0 Å². The van der Waals surface area contributed by atoms with Crippen molar-refractivity contribution in [1.29, 1.82) is 0 Å². The molecule has 19 heavy (non-hydrogen) atoms. The Morgan fingerprint density at radius 2 is 2.37 bits per heavy atom. The fourth-order valence-corrected chi connectivity index (χ4v) is 3.30. The summed E-state index contributed by atoms with van der Waals surface area (Å²) in [6, 6.07) is 3.54. The van der Waals surface area contributed by atoms with Gasteiger partial charge in [-0.1, -0.05) is 0 Å². The van der Waals surface area contributed by atoms with Gasteiger partial charge in [0.25, 0.3) is 0 Å². The zero-order chi connectivity index (χ0) is 13.6. The summed E-state index contributed by atoms with van der Waals surface area (Å²) in [4.78, 5) is 12.8. The number of nitrogens with zero attached hydrogens (tertiary/aromatic N) is 2. The molecule has 0 amide bonds. The highest BCUT2D eigenvalue weighted by Gasteiger charge is 2.40. The van der Waals surface area contributed by atoms with Gasteiger partial charge < -0.3 is 14.4 Å². The van der Waals surface area contributed by atoms with Crippen LogP contribution in [0.4, 0.5) is 11.4 Å². The summed E-state index contributed by atoms with van der Waals surface area (Å²) in [7, 11) is 1.43. The van der Waals surface area contributed by atoms with Crippen molar-refractivity contribution in [2.24, 2.45) is 0 Å². The molecule has 0 radical (unpaired) electrons. The van der Waals surface area contributed by atoms with Crippen molar-refractivity contribution in [3.8, 4) is 5.75 Å². The summed E-state index contributed by atoms with van der Waals surface area (Å²) >= 11 is 3.47. The van der Waals surface area contributed by atoms with E-state index in [4.69, 9.17) is 9.47 Å². The SMILES string of the molecule is COc1cc(Br)c(N2C[C@@H]3C[C@H]2CO3)cc1[N+](=O)[O-]. The van der Waals surface area contributed by atoms with Crippen LogP contribution in [-0.4, -0.2) is 37.3 Å². The Morgan fingerprint density at radius 1 is 1.58 bits per heavy atom. The molecule has 2 saturated heterocycles. The van der Waals surface area contributed by atoms with Crippen LogP contribution in [0.3, 0.4) is 0 Å². The second kappa shape index (κ2) is 4.64. The molecule has 0 aliphatic carbocycles. The Balaban J connectivity index is 2.01. The molecule has 0 N–H and O–H groups in total. The molecule has 2 heterocycles. The lowest BCUT2D eigenvalue weighted by Crippen LogP contribution is -2.37. The maximum Gasteiger partial charge on any atom is 0.313 e. The quantitative estimate of drug-likeness (QED) is 0.629. The lowest BCUT2D eigenvalue weighted by molar-refractivity contribution is -0.385. The van der Waals surface area contributed by atoms with Crippen molar-refractivity contribution < 1.29 is 14.4 Å². The molecule has 0 unspecified atom stereocenters. The van der Waals surface area contributed by atoms with Crippen molar-refractivity contribution in [2.75, 3.05) is 25.2 Å². The van der Waals surface area contributed by atoms with E-state index in [9.17, 15) is 10.1 Å². The standard InChI is InChI=1S/C12H13BrN2O4/c1-18-12-3-9(13)10(4-11(12)15(16)17)14-5-8-2-7(14)6-19-8/h3-4,7-8H,2,5-6H2,1H3/t7-,8-/m0/s1. The summed E-state index contributed by atoms with van der Waals surface area (Å²) in [5.41, 5.74) is 0.827. The number of methoxy groups -OCH3 is 1. The molecule has 0 saturated carbocycles. The third-order valence-corrected chi connectivity index (χ3v) is 4.29. The number of ether oxygens (including phenoxy) is 2. The monoisotopic (exact) mass is 328 g/mol. The van der Waals surface area contributed by atoms with Gasteiger partial charge in [0.05, 0.1) is 36.5 Å². The fraction of sp³-hybridized carbons (Fsp3) is 0.500. The zero-order valence-electron chi connectivity index (χ0n) is 10.3. The first-order valence-corrected chi connectivity index (χ1v) is 6.79. The molecule has 1 aromatic carbocycles. The van der Waals surface area contributed by atoms with Gasteiger partial charge in [0, 0.05) is 23.2 Å². The zero-order valence-corrected chi connectivity index (χ0v) is 11.9. The average Bonchev–Trinajstić information content (AvgIpc) is 3.00. The molecule has 2 aliphatic heterocycles. The van der Waals surface area contributed by atoms with E-state index in [-0.39, 0.29) is 17.5 Å². The highest BCUT2D eigenvalue weighted by atomic mass is 79.9. The van der Waals surface area contributed by atoms with Crippen LogP contribution < -0.4 is 9.64 Å². The molecule has 2 aliphatic rings. The molecule has 3 rings (SSSR count). The molecule has 7 heteroatoms. The first-order chi connectivity index (χ1) is 9.10. The molecular formula is C12H13BrN2O4. The lowest BCUT2D eigenvalue weighted by atomic mass is 10.2. The smallest absolute Gasteiger partial charge is 0.313 e. The van der Waals surface area contributed by atoms with E-state index in [1.807, 2.05) is 0 Å². The Hall–Kier alpha value is -1.34. The van der Waals surface area contributed by atoms with Gasteiger partial charge in [-0.2, -0.15) is 0 Å². The minimum absolute atomic E-state index is 0.00982. The number of hydrogen-bond donors (Lipinski definition) is 0. The summed E-state index contributed by atoms with van der Waals surface area (Å²) in [5, 5.41) is 11.1. The number of nitro benzene ring substituents is 1. The third kappa shape index (κ3) is 2.06. The Kier molecular flexibility index (Phi) is 3.10. The van der Waals surface area contributed by atoms with Gasteiger partial charge in [0.15, 0.2) is 5.75 Å². The van der Waals surface area contributed by atoms with E-state index in [1.54, 1.807) is 12.1 Å². The summed E-state index contributed by atoms with van der Waals surface area (Å²) in [6.45, 7) is 1.48. The summed E-state index contributed by atoms with van der Waals surface area (Å²) < 4.78 is 11.4. The molecule has 0 aromatic heterocycles. The molecule has 6 nitrogen and oxygen atoms in total. The van der Waals surface area contributed by atoms with E-state index in [2.05, 4.69) is 20.8 Å². The van der Waals surface area contributed by atoms with Crippen LogP contribution in [0.2, 0.25) is 0 Å². The van der Waals surface area contributed by atoms with Gasteiger partial charge in [0.1, 0.15) is 0 Å². The van der Waals surface area contributed by atoms with Crippen LogP contribution >= 0.6 is 15.9 Å². The minimum atomic E-state index is -0.417. The summed E-state index contributed by atoms with van der Waals surface area (Å²) in [5.74, 6) is 0.265. The Morgan fingerprint density at radius 3 is 2.89 bits per heavy atom. The van der Waals surface area contributed by atoms with Gasteiger partial charge in [-0.25, -0.2) is 0 Å². The highest BCUT2D eigenvalue weighted by Crippen LogP contribution is 2.42. The number of nitro groups is 1. The molecule has 1 aromatic rings. The van der Waals surface area contributed by atoms with Crippen molar-refractivity contribution in [2.45, 2.75) is 18.6 Å². The first-order valence-electron chi connectivity index (χ1n) is 6.00. The molecule has 2 bridgehead atoms. The lowest BCUT2D eigenvalue weighted by Gasteiger charge is -2.29. The van der Waals surface area contributed by atoms with Crippen molar-refractivity contribution in [1.82, 2.24) is 0 Å². The Labute approximate surface area is 118 Å². The van der Waals surface area contributed by atoms with Crippen LogP contribution in [0, 0.1) is 10.1 Å².